The normalized spacial score (nSPS) is 21.3. The molecule has 21 heavy (non-hydrogen) atoms. The smallest absolute Gasteiger partial charge is 0.271 e. The third-order valence-corrected chi connectivity index (χ3v) is 4.03. The molecule has 1 saturated carbocycles. The summed E-state index contributed by atoms with van der Waals surface area (Å²) in [6, 6.07) is 3.84. The average molecular weight is 313 g/mol. The van der Waals surface area contributed by atoms with Crippen LogP contribution in [0.4, 0.5) is 5.69 Å². The number of aliphatic hydroxyl groups excluding tert-OH is 1. The first-order chi connectivity index (χ1) is 9.88. The Labute approximate surface area is 127 Å². The summed E-state index contributed by atoms with van der Waals surface area (Å²) in [5.41, 5.74) is -0.0238. The molecule has 1 amide bonds. The standard InChI is InChI=1S/C14H17ClN2O4/c1-16(8-9-3-2-4-13(9)18)14(19)10-5-11(15)7-12(6-10)17(20)21/h5-7,9,13,18H,2-4,8H2,1H3. The molecule has 0 aliphatic heterocycles. The summed E-state index contributed by atoms with van der Waals surface area (Å²) in [5.74, 6) is -0.271. The number of nitro groups is 1. The molecule has 1 N–H and O–H groups in total. The second-order valence-corrected chi connectivity index (χ2v) is 5.84. The van der Waals surface area contributed by atoms with E-state index in [4.69, 9.17) is 11.6 Å². The molecule has 1 aromatic rings. The maximum Gasteiger partial charge on any atom is 0.271 e. The predicted molar refractivity (Wildman–Crippen MR) is 78.4 cm³/mol. The Morgan fingerprint density at radius 3 is 2.76 bits per heavy atom. The number of benzene rings is 1. The van der Waals surface area contributed by atoms with E-state index in [0.29, 0.717) is 6.54 Å². The predicted octanol–water partition coefficient (Wildman–Crippen LogP) is 2.48. The highest BCUT2D eigenvalue weighted by atomic mass is 35.5. The zero-order chi connectivity index (χ0) is 15.6. The van der Waals surface area contributed by atoms with Crippen molar-refractivity contribution in [3.8, 4) is 0 Å². The fourth-order valence-electron chi connectivity index (χ4n) is 2.69. The monoisotopic (exact) mass is 312 g/mol. The number of nitrogens with zero attached hydrogens (tertiary/aromatic N) is 2. The van der Waals surface area contributed by atoms with Gasteiger partial charge in [0.05, 0.1) is 11.0 Å². The van der Waals surface area contributed by atoms with E-state index in [1.54, 1.807) is 7.05 Å². The van der Waals surface area contributed by atoms with Crippen molar-refractivity contribution in [2.75, 3.05) is 13.6 Å². The van der Waals surface area contributed by atoms with Crippen LogP contribution in [0.3, 0.4) is 0 Å². The minimum atomic E-state index is -0.580. The minimum Gasteiger partial charge on any atom is -0.393 e. The van der Waals surface area contributed by atoms with Gasteiger partial charge < -0.3 is 10.0 Å². The molecule has 6 nitrogen and oxygen atoms in total. The fourth-order valence-corrected chi connectivity index (χ4v) is 2.92. The van der Waals surface area contributed by atoms with Crippen molar-refractivity contribution in [1.82, 2.24) is 4.90 Å². The summed E-state index contributed by atoms with van der Waals surface area (Å²) in [5, 5.41) is 20.8. The van der Waals surface area contributed by atoms with Gasteiger partial charge in [-0.15, -0.1) is 0 Å². The Kier molecular flexibility index (Phi) is 4.80. The topological polar surface area (TPSA) is 83.7 Å². The number of carbonyl (C=O) groups is 1. The van der Waals surface area contributed by atoms with Crippen molar-refractivity contribution in [2.24, 2.45) is 5.92 Å². The molecule has 2 rings (SSSR count). The molecule has 1 aliphatic rings. The number of aliphatic hydroxyl groups is 1. The summed E-state index contributed by atoms with van der Waals surface area (Å²) < 4.78 is 0. The van der Waals surface area contributed by atoms with Crippen molar-refractivity contribution in [3.63, 3.8) is 0 Å². The van der Waals surface area contributed by atoms with Gasteiger partial charge in [-0.05, 0) is 18.9 Å². The SMILES string of the molecule is CN(CC1CCCC1O)C(=O)c1cc(Cl)cc([N+](=O)[O-])c1. The minimum absolute atomic E-state index is 0.0631. The van der Waals surface area contributed by atoms with Gasteiger partial charge in [-0.2, -0.15) is 0 Å². The van der Waals surface area contributed by atoms with Crippen LogP contribution in [-0.2, 0) is 0 Å². The lowest BCUT2D eigenvalue weighted by Crippen LogP contribution is -2.34. The van der Waals surface area contributed by atoms with E-state index in [2.05, 4.69) is 0 Å². The van der Waals surface area contributed by atoms with Gasteiger partial charge in [0.15, 0.2) is 0 Å². The number of hydrogen-bond acceptors (Lipinski definition) is 4. The quantitative estimate of drug-likeness (QED) is 0.684. The first kappa shape index (κ1) is 15.7. The summed E-state index contributed by atoms with van der Waals surface area (Å²) in [7, 11) is 1.63. The van der Waals surface area contributed by atoms with Crippen molar-refractivity contribution < 1.29 is 14.8 Å². The Morgan fingerprint density at radius 2 is 2.19 bits per heavy atom. The fraction of sp³-hybridized carbons (Fsp3) is 0.500. The number of halogens is 1. The van der Waals surface area contributed by atoms with Crippen LogP contribution in [0.1, 0.15) is 29.6 Å². The van der Waals surface area contributed by atoms with Crippen LogP contribution < -0.4 is 0 Å². The van der Waals surface area contributed by atoms with E-state index in [1.165, 1.54) is 23.1 Å². The van der Waals surface area contributed by atoms with Crippen molar-refractivity contribution in [2.45, 2.75) is 25.4 Å². The Hall–Kier alpha value is -1.66. The highest BCUT2D eigenvalue weighted by molar-refractivity contribution is 6.31. The van der Waals surface area contributed by atoms with Crippen LogP contribution in [-0.4, -0.2) is 40.5 Å². The van der Waals surface area contributed by atoms with Gasteiger partial charge in [-0.1, -0.05) is 18.0 Å². The molecule has 0 bridgehead atoms. The maximum absolute atomic E-state index is 12.3. The van der Waals surface area contributed by atoms with Crippen molar-refractivity contribution in [3.05, 3.63) is 38.9 Å². The van der Waals surface area contributed by atoms with Crippen LogP contribution in [0.5, 0.6) is 0 Å². The molecule has 2 unspecified atom stereocenters. The van der Waals surface area contributed by atoms with Gasteiger partial charge in [-0.25, -0.2) is 0 Å². The molecule has 0 aromatic heterocycles. The lowest BCUT2D eigenvalue weighted by molar-refractivity contribution is -0.384. The van der Waals surface area contributed by atoms with Crippen LogP contribution in [0.15, 0.2) is 18.2 Å². The molecule has 114 valence electrons. The number of amides is 1. The molecule has 7 heteroatoms. The second kappa shape index (κ2) is 6.41. The second-order valence-electron chi connectivity index (χ2n) is 5.40. The molecule has 1 aromatic carbocycles. The van der Waals surface area contributed by atoms with Gasteiger partial charge in [0.25, 0.3) is 11.6 Å². The molecule has 1 aliphatic carbocycles. The van der Waals surface area contributed by atoms with Crippen LogP contribution in [0.2, 0.25) is 5.02 Å². The summed E-state index contributed by atoms with van der Waals surface area (Å²) >= 11 is 5.82. The number of non-ortho nitro benzene ring substituents is 1. The van der Waals surface area contributed by atoms with Gasteiger partial charge in [-0.3, -0.25) is 14.9 Å². The highest BCUT2D eigenvalue weighted by Crippen LogP contribution is 2.27. The highest BCUT2D eigenvalue weighted by Gasteiger charge is 2.28. The molecule has 2 atom stereocenters. The first-order valence-electron chi connectivity index (χ1n) is 6.77. The third kappa shape index (κ3) is 3.71. The van der Waals surface area contributed by atoms with Crippen molar-refractivity contribution >= 4 is 23.2 Å². The van der Waals surface area contributed by atoms with Gasteiger partial charge >= 0.3 is 0 Å². The molecule has 0 spiro atoms. The molecular weight excluding hydrogens is 296 g/mol. The average Bonchev–Trinajstić information content (AvgIpc) is 2.82. The number of hydrogen-bond donors (Lipinski definition) is 1. The zero-order valence-corrected chi connectivity index (χ0v) is 12.4. The summed E-state index contributed by atoms with van der Waals surface area (Å²) in [6.07, 6.45) is 2.22. The van der Waals surface area contributed by atoms with E-state index < -0.39 is 4.92 Å². The molecule has 0 radical (unpaired) electrons. The van der Waals surface area contributed by atoms with Gasteiger partial charge in [0.1, 0.15) is 0 Å². The zero-order valence-electron chi connectivity index (χ0n) is 11.7. The summed E-state index contributed by atoms with van der Waals surface area (Å²) in [4.78, 5) is 24.0. The molecule has 1 fully saturated rings. The maximum atomic E-state index is 12.3. The van der Waals surface area contributed by atoms with Gasteiger partial charge in [0.2, 0.25) is 0 Å². The van der Waals surface area contributed by atoms with Crippen molar-refractivity contribution in [1.29, 1.82) is 0 Å². The van der Waals surface area contributed by atoms with E-state index in [-0.39, 0.29) is 34.2 Å². The Balaban J connectivity index is 2.13. The lowest BCUT2D eigenvalue weighted by Gasteiger charge is -2.23. The molecule has 0 heterocycles. The van der Waals surface area contributed by atoms with Crippen LogP contribution in [0.25, 0.3) is 0 Å². The van der Waals surface area contributed by atoms with E-state index >= 15 is 0 Å². The number of carbonyl (C=O) groups excluding carboxylic acids is 1. The lowest BCUT2D eigenvalue weighted by atomic mass is 10.1. The number of nitro benzene ring substituents is 1. The van der Waals surface area contributed by atoms with E-state index in [0.717, 1.165) is 19.3 Å². The largest absolute Gasteiger partial charge is 0.393 e. The molecule has 0 saturated heterocycles. The first-order valence-corrected chi connectivity index (χ1v) is 7.15. The van der Waals surface area contributed by atoms with Crippen LogP contribution in [0, 0.1) is 16.0 Å². The Morgan fingerprint density at radius 1 is 1.48 bits per heavy atom. The van der Waals surface area contributed by atoms with Crippen LogP contribution >= 0.6 is 11.6 Å². The van der Waals surface area contributed by atoms with Gasteiger partial charge in [0, 0.05) is 42.2 Å². The molecular formula is C14H17ClN2O4. The summed E-state index contributed by atoms with van der Waals surface area (Å²) in [6.45, 7) is 0.431. The number of rotatable bonds is 4. The van der Waals surface area contributed by atoms with E-state index in [9.17, 15) is 20.0 Å². The Bertz CT molecular complexity index is 564. The van der Waals surface area contributed by atoms with E-state index in [1.807, 2.05) is 0 Å². The third-order valence-electron chi connectivity index (χ3n) is 3.81.